The first-order valence-electron chi connectivity index (χ1n) is 9.41. The SMILES string of the molecule is CC[C@H](C(=O)NCc1cccc2ccccc12)N(c1cc(Cl)ccc1Cl)S(C)(=O)=O. The lowest BCUT2D eigenvalue weighted by atomic mass is 10.0. The number of amides is 1. The predicted molar refractivity (Wildman–Crippen MR) is 124 cm³/mol. The largest absolute Gasteiger partial charge is 0.350 e. The number of benzene rings is 3. The number of fused-ring (bicyclic) bond motifs is 1. The Balaban J connectivity index is 1.90. The molecule has 158 valence electrons. The van der Waals surface area contributed by atoms with Crippen LogP contribution in [0.25, 0.3) is 10.8 Å². The summed E-state index contributed by atoms with van der Waals surface area (Å²) in [5.74, 6) is -0.410. The summed E-state index contributed by atoms with van der Waals surface area (Å²) in [6, 6.07) is 17.3. The normalized spacial score (nSPS) is 12.5. The molecule has 0 radical (unpaired) electrons. The fourth-order valence-electron chi connectivity index (χ4n) is 3.44. The molecule has 0 heterocycles. The van der Waals surface area contributed by atoms with Crippen LogP contribution in [0.5, 0.6) is 0 Å². The van der Waals surface area contributed by atoms with E-state index in [-0.39, 0.29) is 23.7 Å². The summed E-state index contributed by atoms with van der Waals surface area (Å²) >= 11 is 12.3. The zero-order chi connectivity index (χ0) is 21.9. The van der Waals surface area contributed by atoms with Gasteiger partial charge >= 0.3 is 0 Å². The number of carbonyl (C=O) groups excluding carboxylic acids is 1. The zero-order valence-corrected chi connectivity index (χ0v) is 18.9. The van der Waals surface area contributed by atoms with Crippen molar-refractivity contribution in [2.75, 3.05) is 10.6 Å². The van der Waals surface area contributed by atoms with E-state index in [4.69, 9.17) is 23.2 Å². The number of hydrogen-bond acceptors (Lipinski definition) is 3. The average Bonchev–Trinajstić information content (AvgIpc) is 2.71. The van der Waals surface area contributed by atoms with Crippen molar-refractivity contribution in [2.24, 2.45) is 0 Å². The molecule has 5 nitrogen and oxygen atoms in total. The number of rotatable bonds is 7. The molecular formula is C22H22Cl2N2O3S. The molecule has 0 spiro atoms. The van der Waals surface area contributed by atoms with Crippen molar-refractivity contribution >= 4 is 55.6 Å². The molecule has 3 rings (SSSR count). The number of anilines is 1. The highest BCUT2D eigenvalue weighted by atomic mass is 35.5. The highest BCUT2D eigenvalue weighted by molar-refractivity contribution is 7.92. The van der Waals surface area contributed by atoms with Gasteiger partial charge in [0, 0.05) is 11.6 Å². The van der Waals surface area contributed by atoms with Crippen LogP contribution in [-0.4, -0.2) is 26.6 Å². The van der Waals surface area contributed by atoms with Gasteiger partial charge in [0.15, 0.2) is 0 Å². The molecule has 8 heteroatoms. The van der Waals surface area contributed by atoms with Crippen LogP contribution < -0.4 is 9.62 Å². The average molecular weight is 465 g/mol. The van der Waals surface area contributed by atoms with E-state index in [1.807, 2.05) is 42.5 Å². The summed E-state index contributed by atoms with van der Waals surface area (Å²) in [5.41, 5.74) is 1.13. The number of hydrogen-bond donors (Lipinski definition) is 1. The van der Waals surface area contributed by atoms with Crippen LogP contribution in [0.3, 0.4) is 0 Å². The fourth-order valence-corrected chi connectivity index (χ4v) is 5.08. The van der Waals surface area contributed by atoms with Crippen LogP contribution in [0.4, 0.5) is 5.69 Å². The second-order valence-corrected chi connectivity index (χ2v) is 9.64. The first kappa shape index (κ1) is 22.4. The second kappa shape index (κ2) is 9.25. The maximum atomic E-state index is 13.0. The summed E-state index contributed by atoms with van der Waals surface area (Å²) in [6.07, 6.45) is 1.31. The molecule has 0 bridgehead atoms. The Kier molecular flexibility index (Phi) is 6.91. The number of nitrogens with zero attached hydrogens (tertiary/aromatic N) is 1. The Bertz CT molecular complexity index is 1180. The van der Waals surface area contributed by atoms with E-state index < -0.39 is 22.0 Å². The van der Waals surface area contributed by atoms with Gasteiger partial charge in [-0.05, 0) is 41.0 Å². The maximum absolute atomic E-state index is 13.0. The molecule has 0 aromatic heterocycles. The second-order valence-electron chi connectivity index (χ2n) is 6.93. The Labute approximate surface area is 186 Å². The maximum Gasteiger partial charge on any atom is 0.244 e. The molecule has 1 amide bonds. The van der Waals surface area contributed by atoms with E-state index in [0.29, 0.717) is 5.02 Å². The lowest BCUT2D eigenvalue weighted by Gasteiger charge is -2.31. The Morgan fingerprint density at radius 3 is 2.47 bits per heavy atom. The standard InChI is InChI=1S/C22H22Cl2N2O3S/c1-3-20(26(30(2,28)29)21-13-17(23)11-12-19(21)24)22(27)25-14-16-9-6-8-15-7-4-5-10-18(15)16/h4-13,20H,3,14H2,1-2H3,(H,25,27)/t20-/m1/s1. The molecule has 0 saturated carbocycles. The highest BCUT2D eigenvalue weighted by Crippen LogP contribution is 2.33. The zero-order valence-electron chi connectivity index (χ0n) is 16.6. The molecule has 0 aliphatic carbocycles. The van der Waals surface area contributed by atoms with E-state index in [1.54, 1.807) is 13.0 Å². The quantitative estimate of drug-likeness (QED) is 0.534. The minimum atomic E-state index is -3.80. The molecule has 0 fully saturated rings. The molecular weight excluding hydrogens is 443 g/mol. The minimum Gasteiger partial charge on any atom is -0.350 e. The summed E-state index contributed by atoms with van der Waals surface area (Å²) in [4.78, 5) is 13.0. The molecule has 0 aliphatic rings. The minimum absolute atomic E-state index is 0.179. The predicted octanol–water partition coefficient (Wildman–Crippen LogP) is 5.01. The monoisotopic (exact) mass is 464 g/mol. The van der Waals surface area contributed by atoms with Gasteiger partial charge in [-0.15, -0.1) is 0 Å². The number of carbonyl (C=O) groups is 1. The van der Waals surface area contributed by atoms with Crippen molar-refractivity contribution in [3.8, 4) is 0 Å². The van der Waals surface area contributed by atoms with Gasteiger partial charge < -0.3 is 5.32 Å². The smallest absolute Gasteiger partial charge is 0.244 e. The lowest BCUT2D eigenvalue weighted by molar-refractivity contribution is -0.122. The first-order chi connectivity index (χ1) is 14.2. The molecule has 30 heavy (non-hydrogen) atoms. The lowest BCUT2D eigenvalue weighted by Crippen LogP contribution is -2.49. The molecule has 0 saturated heterocycles. The van der Waals surface area contributed by atoms with Crippen LogP contribution in [0, 0.1) is 0 Å². The van der Waals surface area contributed by atoms with Crippen molar-refractivity contribution in [3.05, 3.63) is 76.3 Å². The van der Waals surface area contributed by atoms with Gasteiger partial charge in [0.05, 0.1) is 17.0 Å². The van der Waals surface area contributed by atoms with Crippen molar-refractivity contribution in [2.45, 2.75) is 25.9 Å². The summed E-state index contributed by atoms with van der Waals surface area (Å²) < 4.78 is 26.2. The van der Waals surface area contributed by atoms with E-state index in [9.17, 15) is 13.2 Å². The Morgan fingerprint density at radius 1 is 1.07 bits per heavy atom. The number of halogens is 2. The van der Waals surface area contributed by atoms with Crippen molar-refractivity contribution < 1.29 is 13.2 Å². The van der Waals surface area contributed by atoms with Crippen molar-refractivity contribution in [1.29, 1.82) is 0 Å². The van der Waals surface area contributed by atoms with Gasteiger partial charge in [-0.2, -0.15) is 0 Å². The van der Waals surface area contributed by atoms with Gasteiger partial charge in [-0.1, -0.05) is 72.6 Å². The van der Waals surface area contributed by atoms with Gasteiger partial charge in [0.2, 0.25) is 15.9 Å². The summed E-state index contributed by atoms with van der Waals surface area (Å²) in [6.45, 7) is 2.02. The Hall–Kier alpha value is -2.28. The van der Waals surface area contributed by atoms with Crippen molar-refractivity contribution in [1.82, 2.24) is 5.32 Å². The number of sulfonamides is 1. The van der Waals surface area contributed by atoms with E-state index in [2.05, 4.69) is 5.32 Å². The van der Waals surface area contributed by atoms with E-state index >= 15 is 0 Å². The van der Waals surface area contributed by atoms with Crippen LogP contribution in [-0.2, 0) is 21.4 Å². The molecule has 1 N–H and O–H groups in total. The third-order valence-corrected chi connectivity index (χ3v) is 6.53. The van der Waals surface area contributed by atoms with Gasteiger partial charge in [0.25, 0.3) is 0 Å². The van der Waals surface area contributed by atoms with Gasteiger partial charge in [-0.25, -0.2) is 8.42 Å². The molecule has 3 aromatic carbocycles. The van der Waals surface area contributed by atoms with Crippen molar-refractivity contribution in [3.63, 3.8) is 0 Å². The van der Waals surface area contributed by atoms with Crippen LogP contribution in [0.2, 0.25) is 10.0 Å². The fraction of sp³-hybridized carbons (Fsp3) is 0.227. The number of nitrogens with one attached hydrogen (secondary N) is 1. The first-order valence-corrected chi connectivity index (χ1v) is 12.0. The molecule has 0 unspecified atom stereocenters. The van der Waals surface area contributed by atoms with Gasteiger partial charge in [-0.3, -0.25) is 9.10 Å². The summed E-state index contributed by atoms with van der Waals surface area (Å²) in [7, 11) is -3.80. The van der Waals surface area contributed by atoms with Gasteiger partial charge in [0.1, 0.15) is 6.04 Å². The van der Waals surface area contributed by atoms with E-state index in [1.165, 1.54) is 12.1 Å². The summed E-state index contributed by atoms with van der Waals surface area (Å²) in [5, 5.41) is 5.51. The van der Waals surface area contributed by atoms with Crippen LogP contribution >= 0.6 is 23.2 Å². The third-order valence-electron chi connectivity index (χ3n) is 4.81. The third kappa shape index (κ3) is 4.89. The molecule has 3 aromatic rings. The Morgan fingerprint density at radius 2 is 1.77 bits per heavy atom. The molecule has 0 aliphatic heterocycles. The van der Waals surface area contributed by atoms with Crippen LogP contribution in [0.15, 0.2) is 60.7 Å². The topological polar surface area (TPSA) is 66.5 Å². The molecule has 1 atom stereocenters. The van der Waals surface area contributed by atoms with E-state index in [0.717, 1.165) is 26.9 Å². The van der Waals surface area contributed by atoms with Crippen LogP contribution in [0.1, 0.15) is 18.9 Å². The highest BCUT2D eigenvalue weighted by Gasteiger charge is 2.32.